The lowest BCUT2D eigenvalue weighted by Crippen LogP contribution is -2.28. The number of carbonyl (C=O) groups is 2. The van der Waals surface area contributed by atoms with Crippen molar-refractivity contribution in [1.82, 2.24) is 0 Å². The molecule has 0 atom stereocenters. The van der Waals surface area contributed by atoms with E-state index in [2.05, 4.69) is 5.32 Å². The van der Waals surface area contributed by atoms with Gasteiger partial charge in [0.15, 0.2) is 5.76 Å². The van der Waals surface area contributed by atoms with E-state index in [0.29, 0.717) is 18.0 Å². The molecule has 0 spiro atoms. The summed E-state index contributed by atoms with van der Waals surface area (Å²) in [7, 11) is 0. The van der Waals surface area contributed by atoms with Crippen molar-refractivity contribution in [2.24, 2.45) is 0 Å². The number of anilines is 2. The van der Waals surface area contributed by atoms with E-state index >= 15 is 0 Å². The summed E-state index contributed by atoms with van der Waals surface area (Å²) in [4.78, 5) is 26.7. The minimum absolute atomic E-state index is 0.174. The monoisotopic (exact) mass is 372 g/mol. The number of amides is 2. The van der Waals surface area contributed by atoms with Crippen molar-refractivity contribution in [3.63, 3.8) is 0 Å². The lowest BCUT2D eigenvalue weighted by atomic mass is 10.1. The van der Waals surface area contributed by atoms with E-state index in [0.717, 1.165) is 28.8 Å². The highest BCUT2D eigenvalue weighted by Gasteiger charge is 2.27. The lowest BCUT2D eigenvalue weighted by Gasteiger charge is -2.16. The maximum atomic E-state index is 12.6. The number of carbonyl (C=O) groups excluding carboxylic acids is 2. The van der Waals surface area contributed by atoms with Gasteiger partial charge in [0, 0.05) is 24.0 Å². The fourth-order valence-electron chi connectivity index (χ4n) is 3.36. The molecule has 1 aliphatic heterocycles. The molecule has 3 aromatic rings. The van der Waals surface area contributed by atoms with E-state index in [9.17, 15) is 9.59 Å². The van der Waals surface area contributed by atoms with Crippen LogP contribution in [0.4, 0.5) is 11.4 Å². The topological polar surface area (TPSA) is 62.6 Å². The largest absolute Gasteiger partial charge is 0.459 e. The Morgan fingerprint density at radius 1 is 1.07 bits per heavy atom. The third-order valence-electron chi connectivity index (χ3n) is 4.80. The van der Waals surface area contributed by atoms with E-state index < -0.39 is 0 Å². The minimum Gasteiger partial charge on any atom is -0.459 e. The summed E-state index contributed by atoms with van der Waals surface area (Å²) in [5.41, 5.74) is 4.42. The number of nitrogens with one attached hydrogen (secondary N) is 1. The third kappa shape index (κ3) is 3.60. The van der Waals surface area contributed by atoms with E-state index in [1.807, 2.05) is 55.5 Å². The second-order valence-corrected chi connectivity index (χ2v) is 6.71. The fourth-order valence-corrected chi connectivity index (χ4v) is 3.36. The van der Waals surface area contributed by atoms with E-state index in [4.69, 9.17) is 4.42 Å². The molecule has 28 heavy (non-hydrogen) atoms. The predicted molar refractivity (Wildman–Crippen MR) is 109 cm³/mol. The Kier molecular flexibility index (Phi) is 4.81. The standard InChI is InChI=1S/C23H20N2O3/c1-16(17-6-3-2-4-7-17)14-22(26)24-19-10-9-18-11-12-25(20(18)15-19)23(27)21-8-5-13-28-21/h2-10,13-15H,11-12H2,1H3,(H,24,26)/b16-14+. The van der Waals surface area contributed by atoms with Crippen LogP contribution in [0.5, 0.6) is 0 Å². The SMILES string of the molecule is C/C(=C\C(=O)Nc1ccc2c(c1)N(C(=O)c1ccco1)CC2)c1ccccc1. The minimum atomic E-state index is -0.205. The van der Waals surface area contributed by atoms with Gasteiger partial charge in [0.05, 0.1) is 6.26 Å². The van der Waals surface area contributed by atoms with Gasteiger partial charge in [-0.3, -0.25) is 9.59 Å². The molecule has 2 heterocycles. The quantitative estimate of drug-likeness (QED) is 0.685. The van der Waals surface area contributed by atoms with E-state index in [1.165, 1.54) is 6.26 Å². The second kappa shape index (κ2) is 7.56. The molecule has 5 nitrogen and oxygen atoms in total. The van der Waals surface area contributed by atoms with Crippen LogP contribution in [-0.2, 0) is 11.2 Å². The van der Waals surface area contributed by atoms with Gasteiger partial charge in [-0.05, 0) is 54.3 Å². The highest BCUT2D eigenvalue weighted by Crippen LogP contribution is 2.32. The van der Waals surface area contributed by atoms with E-state index in [1.54, 1.807) is 23.1 Å². The predicted octanol–water partition coefficient (Wildman–Crippen LogP) is 4.52. The summed E-state index contributed by atoms with van der Waals surface area (Å²) in [6, 6.07) is 18.8. The number of furan rings is 1. The fraction of sp³-hybridized carbons (Fsp3) is 0.130. The summed E-state index contributed by atoms with van der Waals surface area (Å²) in [6.07, 6.45) is 3.85. The average Bonchev–Trinajstić information content (AvgIpc) is 3.38. The smallest absolute Gasteiger partial charge is 0.293 e. The Balaban J connectivity index is 1.52. The maximum absolute atomic E-state index is 12.6. The van der Waals surface area contributed by atoms with Gasteiger partial charge >= 0.3 is 0 Å². The highest BCUT2D eigenvalue weighted by atomic mass is 16.3. The molecule has 0 aliphatic carbocycles. The first-order valence-electron chi connectivity index (χ1n) is 9.15. The molecular weight excluding hydrogens is 352 g/mol. The number of hydrogen-bond donors (Lipinski definition) is 1. The third-order valence-corrected chi connectivity index (χ3v) is 4.80. The van der Waals surface area contributed by atoms with Crippen LogP contribution in [0.15, 0.2) is 77.4 Å². The van der Waals surface area contributed by atoms with Gasteiger partial charge in [-0.15, -0.1) is 0 Å². The number of allylic oxidation sites excluding steroid dienone is 1. The van der Waals surface area contributed by atoms with Gasteiger partial charge < -0.3 is 14.6 Å². The van der Waals surface area contributed by atoms with Crippen molar-refractivity contribution < 1.29 is 14.0 Å². The first kappa shape index (κ1) is 17.8. The zero-order valence-electron chi connectivity index (χ0n) is 15.5. The zero-order valence-corrected chi connectivity index (χ0v) is 15.5. The maximum Gasteiger partial charge on any atom is 0.293 e. The van der Waals surface area contributed by atoms with Crippen LogP contribution in [0.25, 0.3) is 5.57 Å². The first-order valence-corrected chi connectivity index (χ1v) is 9.15. The summed E-state index contributed by atoms with van der Waals surface area (Å²) >= 11 is 0. The summed E-state index contributed by atoms with van der Waals surface area (Å²) in [6.45, 7) is 2.50. The number of hydrogen-bond acceptors (Lipinski definition) is 3. The molecule has 0 fully saturated rings. The molecule has 1 aromatic heterocycles. The van der Waals surface area contributed by atoms with Gasteiger partial charge in [-0.25, -0.2) is 0 Å². The number of fused-ring (bicyclic) bond motifs is 1. The van der Waals surface area contributed by atoms with Crippen LogP contribution in [-0.4, -0.2) is 18.4 Å². The highest BCUT2D eigenvalue weighted by molar-refractivity contribution is 6.07. The molecule has 0 bridgehead atoms. The molecule has 140 valence electrons. The molecule has 4 rings (SSSR count). The Bertz CT molecular complexity index is 1040. The van der Waals surface area contributed by atoms with Gasteiger partial charge in [-0.2, -0.15) is 0 Å². The van der Waals surface area contributed by atoms with Gasteiger partial charge in [0.1, 0.15) is 0 Å². The van der Waals surface area contributed by atoms with Crippen molar-refractivity contribution in [3.05, 3.63) is 89.9 Å². The molecule has 2 amide bonds. The van der Waals surface area contributed by atoms with Crippen LogP contribution in [0.3, 0.4) is 0 Å². The molecule has 5 heteroatoms. The van der Waals surface area contributed by atoms with Crippen molar-refractivity contribution in [3.8, 4) is 0 Å². The normalized spacial score (nSPS) is 13.3. The summed E-state index contributed by atoms with van der Waals surface area (Å²) in [5, 5.41) is 2.89. The van der Waals surface area contributed by atoms with Gasteiger partial charge in [-0.1, -0.05) is 36.4 Å². The van der Waals surface area contributed by atoms with Crippen molar-refractivity contribution in [1.29, 1.82) is 0 Å². The van der Waals surface area contributed by atoms with Crippen LogP contribution < -0.4 is 10.2 Å². The molecule has 1 N–H and O–H groups in total. The molecule has 1 aliphatic rings. The Morgan fingerprint density at radius 3 is 2.64 bits per heavy atom. The van der Waals surface area contributed by atoms with Crippen LogP contribution in [0.1, 0.15) is 28.6 Å². The Labute approximate surface area is 163 Å². The van der Waals surface area contributed by atoms with E-state index in [-0.39, 0.29) is 11.8 Å². The molecule has 0 unspecified atom stereocenters. The van der Waals surface area contributed by atoms with Gasteiger partial charge in [0.2, 0.25) is 5.91 Å². The molecule has 0 saturated carbocycles. The second-order valence-electron chi connectivity index (χ2n) is 6.71. The molecule has 2 aromatic carbocycles. The summed E-state index contributed by atoms with van der Waals surface area (Å²) in [5.74, 6) is -0.0704. The van der Waals surface area contributed by atoms with Crippen molar-refractivity contribution in [2.45, 2.75) is 13.3 Å². The van der Waals surface area contributed by atoms with Gasteiger partial charge in [0.25, 0.3) is 5.91 Å². The molecule has 0 saturated heterocycles. The van der Waals surface area contributed by atoms with Crippen molar-refractivity contribution >= 4 is 28.8 Å². The van der Waals surface area contributed by atoms with Crippen LogP contribution in [0.2, 0.25) is 0 Å². The molecule has 0 radical (unpaired) electrons. The average molecular weight is 372 g/mol. The first-order chi connectivity index (χ1) is 13.6. The lowest BCUT2D eigenvalue weighted by molar-refractivity contribution is -0.111. The number of nitrogens with zero attached hydrogens (tertiary/aromatic N) is 1. The van der Waals surface area contributed by atoms with Crippen molar-refractivity contribution in [2.75, 3.05) is 16.8 Å². The molecular formula is C23H20N2O3. The van der Waals surface area contributed by atoms with Crippen LogP contribution >= 0.6 is 0 Å². The Hall–Kier alpha value is -3.60. The number of benzene rings is 2. The number of rotatable bonds is 4. The Morgan fingerprint density at radius 2 is 1.89 bits per heavy atom. The summed E-state index contributed by atoms with van der Waals surface area (Å²) < 4.78 is 5.23. The zero-order chi connectivity index (χ0) is 19.5. The van der Waals surface area contributed by atoms with Crippen LogP contribution in [0, 0.1) is 0 Å².